The van der Waals surface area contributed by atoms with Crippen LogP contribution in [0, 0.1) is 0 Å². The number of carbonyl (C=O) groups is 2. The summed E-state index contributed by atoms with van der Waals surface area (Å²) in [6.45, 7) is 2.36. The van der Waals surface area contributed by atoms with E-state index in [-0.39, 0.29) is 24.4 Å². The van der Waals surface area contributed by atoms with Gasteiger partial charge in [0.1, 0.15) is 26.4 Å². The van der Waals surface area contributed by atoms with Crippen molar-refractivity contribution in [2.24, 2.45) is 0 Å². The van der Waals surface area contributed by atoms with Gasteiger partial charge >= 0.3 is 6.03 Å². The first-order valence-electron chi connectivity index (χ1n) is 9.83. The minimum absolute atomic E-state index is 0.0590. The van der Waals surface area contributed by atoms with Crippen molar-refractivity contribution in [1.29, 1.82) is 0 Å². The van der Waals surface area contributed by atoms with Gasteiger partial charge in [-0.15, -0.1) is 0 Å². The summed E-state index contributed by atoms with van der Waals surface area (Å²) in [4.78, 5) is 26.6. The predicted molar refractivity (Wildman–Crippen MR) is 108 cm³/mol. The molecule has 1 saturated heterocycles. The molecule has 1 fully saturated rings. The van der Waals surface area contributed by atoms with Crippen molar-refractivity contribution in [3.8, 4) is 23.0 Å². The molecule has 3 heterocycles. The molecule has 2 aromatic carbocycles. The molecule has 156 valence electrons. The molecule has 0 saturated carbocycles. The Kier molecular flexibility index (Phi) is 4.70. The highest BCUT2D eigenvalue weighted by atomic mass is 16.6. The molecule has 0 spiro atoms. The minimum Gasteiger partial charge on any atom is -0.486 e. The normalized spacial score (nSPS) is 19.4. The third-order valence-corrected chi connectivity index (χ3v) is 5.10. The van der Waals surface area contributed by atoms with Crippen molar-refractivity contribution >= 4 is 23.3 Å². The number of carbonyl (C=O) groups excluding carboxylic acids is 2. The summed E-state index contributed by atoms with van der Waals surface area (Å²) in [5.74, 6) is 2.49. The molecule has 2 N–H and O–H groups in total. The molecule has 30 heavy (non-hydrogen) atoms. The van der Waals surface area contributed by atoms with Crippen LogP contribution in [0.1, 0.15) is 6.42 Å². The fourth-order valence-corrected chi connectivity index (χ4v) is 3.73. The van der Waals surface area contributed by atoms with Gasteiger partial charge in [0.15, 0.2) is 23.0 Å². The summed E-state index contributed by atoms with van der Waals surface area (Å²) >= 11 is 0. The second kappa shape index (κ2) is 7.66. The van der Waals surface area contributed by atoms with Crippen LogP contribution in [0.15, 0.2) is 36.4 Å². The van der Waals surface area contributed by atoms with Gasteiger partial charge in [0.05, 0.1) is 6.04 Å². The zero-order chi connectivity index (χ0) is 20.5. The summed E-state index contributed by atoms with van der Waals surface area (Å²) in [6.07, 6.45) is 0.225. The average Bonchev–Trinajstić information content (AvgIpc) is 3.13. The Labute approximate surface area is 172 Å². The molecule has 0 aromatic heterocycles. The molecule has 3 aliphatic rings. The molecule has 5 rings (SSSR count). The summed E-state index contributed by atoms with van der Waals surface area (Å²) in [7, 11) is 0. The van der Waals surface area contributed by atoms with E-state index in [2.05, 4.69) is 10.6 Å². The Morgan fingerprint density at radius 1 is 0.867 bits per heavy atom. The lowest BCUT2D eigenvalue weighted by atomic mass is 10.2. The van der Waals surface area contributed by atoms with E-state index in [4.69, 9.17) is 18.9 Å². The SMILES string of the molecule is O=C(Nc1ccc2c(c1)OCCO2)N[C@H]1CC(=O)N(c2ccc3c(c2)OCCO3)C1. The fraction of sp³-hybridized carbons (Fsp3) is 0.333. The molecule has 0 radical (unpaired) electrons. The molecular formula is C21H21N3O6. The topological polar surface area (TPSA) is 98.4 Å². The van der Waals surface area contributed by atoms with Crippen LogP contribution < -0.4 is 34.5 Å². The Morgan fingerprint density at radius 3 is 2.23 bits per heavy atom. The number of urea groups is 1. The molecule has 0 bridgehead atoms. The smallest absolute Gasteiger partial charge is 0.319 e. The number of nitrogens with zero attached hydrogens (tertiary/aromatic N) is 1. The molecule has 2 aromatic rings. The van der Waals surface area contributed by atoms with Gasteiger partial charge in [-0.05, 0) is 24.3 Å². The first-order chi connectivity index (χ1) is 14.7. The maximum atomic E-state index is 12.5. The van der Waals surface area contributed by atoms with Crippen LogP contribution in [0.4, 0.5) is 16.2 Å². The molecule has 9 heteroatoms. The van der Waals surface area contributed by atoms with E-state index in [1.165, 1.54) is 0 Å². The van der Waals surface area contributed by atoms with Crippen molar-refractivity contribution in [2.45, 2.75) is 12.5 Å². The van der Waals surface area contributed by atoms with Crippen molar-refractivity contribution in [1.82, 2.24) is 5.32 Å². The van der Waals surface area contributed by atoms with Crippen LogP contribution in [-0.4, -0.2) is 51.0 Å². The Balaban J connectivity index is 1.21. The number of hydrogen-bond acceptors (Lipinski definition) is 6. The van der Waals surface area contributed by atoms with Gasteiger partial charge in [0.25, 0.3) is 0 Å². The maximum absolute atomic E-state index is 12.5. The zero-order valence-corrected chi connectivity index (χ0v) is 16.2. The van der Waals surface area contributed by atoms with Gasteiger partial charge in [-0.1, -0.05) is 0 Å². The fourth-order valence-electron chi connectivity index (χ4n) is 3.73. The van der Waals surface area contributed by atoms with Gasteiger partial charge in [-0.25, -0.2) is 4.79 Å². The molecule has 3 amide bonds. The Bertz CT molecular complexity index is 995. The number of benzene rings is 2. The molecular weight excluding hydrogens is 390 g/mol. The molecule has 9 nitrogen and oxygen atoms in total. The highest BCUT2D eigenvalue weighted by molar-refractivity contribution is 5.98. The number of hydrogen-bond donors (Lipinski definition) is 2. The Morgan fingerprint density at radius 2 is 1.50 bits per heavy atom. The molecule has 0 aliphatic carbocycles. The summed E-state index contributed by atoms with van der Waals surface area (Å²) in [6, 6.07) is 9.95. The van der Waals surface area contributed by atoms with E-state index >= 15 is 0 Å². The van der Waals surface area contributed by atoms with Crippen molar-refractivity contribution in [2.75, 3.05) is 43.2 Å². The van der Waals surface area contributed by atoms with Gasteiger partial charge in [0, 0.05) is 36.5 Å². The number of ether oxygens (including phenoxy) is 4. The average molecular weight is 411 g/mol. The minimum atomic E-state index is -0.381. The first kappa shape index (κ1) is 18.4. The van der Waals surface area contributed by atoms with Crippen molar-refractivity contribution in [3.05, 3.63) is 36.4 Å². The number of anilines is 2. The zero-order valence-electron chi connectivity index (χ0n) is 16.2. The summed E-state index contributed by atoms with van der Waals surface area (Å²) in [5.41, 5.74) is 1.31. The summed E-state index contributed by atoms with van der Waals surface area (Å²) in [5, 5.41) is 5.64. The quantitative estimate of drug-likeness (QED) is 0.803. The monoisotopic (exact) mass is 411 g/mol. The van der Waals surface area contributed by atoms with E-state index < -0.39 is 0 Å². The number of rotatable bonds is 3. The lowest BCUT2D eigenvalue weighted by Gasteiger charge is -2.22. The predicted octanol–water partition coefficient (Wildman–Crippen LogP) is 2.16. The summed E-state index contributed by atoms with van der Waals surface area (Å²) < 4.78 is 22.1. The van der Waals surface area contributed by atoms with Gasteiger partial charge in [-0.3, -0.25) is 4.79 Å². The maximum Gasteiger partial charge on any atom is 0.319 e. The van der Waals surface area contributed by atoms with Crippen molar-refractivity contribution in [3.63, 3.8) is 0 Å². The standard InChI is InChI=1S/C21H21N3O6/c25-20-10-14(12-24(20)15-2-4-17-19(11-15)30-8-6-28-17)23-21(26)22-13-1-3-16-18(9-13)29-7-5-27-16/h1-4,9,11,14H,5-8,10,12H2,(H2,22,23,26)/t14-/m0/s1. The second-order valence-electron chi connectivity index (χ2n) is 7.19. The van der Waals surface area contributed by atoms with Crippen LogP contribution in [-0.2, 0) is 4.79 Å². The van der Waals surface area contributed by atoms with Gasteiger partial charge in [-0.2, -0.15) is 0 Å². The van der Waals surface area contributed by atoms with Gasteiger partial charge in [0.2, 0.25) is 5.91 Å². The highest BCUT2D eigenvalue weighted by Crippen LogP contribution is 2.35. The van der Waals surface area contributed by atoms with E-state index in [1.54, 1.807) is 35.2 Å². The molecule has 0 unspecified atom stereocenters. The molecule has 3 aliphatic heterocycles. The van der Waals surface area contributed by atoms with E-state index in [0.717, 1.165) is 5.69 Å². The van der Waals surface area contributed by atoms with Crippen LogP contribution >= 0.6 is 0 Å². The third kappa shape index (κ3) is 3.66. The number of amides is 3. The third-order valence-electron chi connectivity index (χ3n) is 5.10. The lowest BCUT2D eigenvalue weighted by molar-refractivity contribution is -0.117. The number of nitrogens with one attached hydrogen (secondary N) is 2. The van der Waals surface area contributed by atoms with Crippen molar-refractivity contribution < 1.29 is 28.5 Å². The number of fused-ring (bicyclic) bond motifs is 2. The van der Waals surface area contributed by atoms with Crippen LogP contribution in [0.2, 0.25) is 0 Å². The first-order valence-corrected chi connectivity index (χ1v) is 9.83. The van der Waals surface area contributed by atoms with E-state index in [1.807, 2.05) is 6.07 Å². The second-order valence-corrected chi connectivity index (χ2v) is 7.19. The largest absolute Gasteiger partial charge is 0.486 e. The Hall–Kier alpha value is -3.62. The highest BCUT2D eigenvalue weighted by Gasteiger charge is 2.32. The van der Waals surface area contributed by atoms with Crippen LogP contribution in [0.3, 0.4) is 0 Å². The van der Waals surface area contributed by atoms with Gasteiger partial charge < -0.3 is 34.5 Å². The molecule has 1 atom stereocenters. The van der Waals surface area contributed by atoms with Crippen LogP contribution in [0.5, 0.6) is 23.0 Å². The van der Waals surface area contributed by atoms with E-state index in [9.17, 15) is 9.59 Å². The lowest BCUT2D eigenvalue weighted by Crippen LogP contribution is -2.39. The van der Waals surface area contributed by atoms with E-state index in [0.29, 0.717) is 61.7 Å². The van der Waals surface area contributed by atoms with Crippen LogP contribution in [0.25, 0.3) is 0 Å².